The molecule has 0 fully saturated rings. The summed E-state index contributed by atoms with van der Waals surface area (Å²) >= 11 is 0. The lowest BCUT2D eigenvalue weighted by Crippen LogP contribution is -2.00. The number of hydrogen-bond donors (Lipinski definition) is 0. The second-order valence-corrected chi connectivity index (χ2v) is 5.40. The highest BCUT2D eigenvalue weighted by Gasteiger charge is 2.33. The molecule has 0 spiro atoms. The Hall–Kier alpha value is -3.61. The number of ether oxygens (including phenoxy) is 2. The van der Waals surface area contributed by atoms with Crippen LogP contribution >= 0.6 is 0 Å². The van der Waals surface area contributed by atoms with E-state index >= 15 is 0 Å². The third-order valence-corrected chi connectivity index (χ3v) is 3.95. The number of furan rings is 1. The molecule has 0 saturated carbocycles. The number of allylic oxidation sites excluding steroid dienone is 1. The fourth-order valence-electron chi connectivity index (χ4n) is 2.79. The molecule has 1 aliphatic rings. The van der Waals surface area contributed by atoms with Crippen molar-refractivity contribution in [2.75, 3.05) is 7.11 Å². The van der Waals surface area contributed by atoms with Crippen LogP contribution in [0.5, 0.6) is 11.5 Å². The fourth-order valence-corrected chi connectivity index (χ4v) is 2.79. The normalized spacial score (nSPS) is 14.6. The van der Waals surface area contributed by atoms with E-state index in [1.54, 1.807) is 24.3 Å². The maximum absolute atomic E-state index is 12.7. The van der Waals surface area contributed by atoms with Gasteiger partial charge in [0.15, 0.2) is 5.76 Å². The van der Waals surface area contributed by atoms with Crippen molar-refractivity contribution in [3.63, 3.8) is 0 Å². The number of fused-ring (bicyclic) bond motifs is 2. The van der Waals surface area contributed by atoms with Gasteiger partial charge in [0, 0.05) is 18.2 Å². The first-order valence-corrected chi connectivity index (χ1v) is 7.35. The van der Waals surface area contributed by atoms with Crippen LogP contribution < -0.4 is 9.47 Å². The van der Waals surface area contributed by atoms with Gasteiger partial charge in [-0.3, -0.25) is 14.9 Å². The molecule has 0 unspecified atom stereocenters. The van der Waals surface area contributed by atoms with Gasteiger partial charge >= 0.3 is 0 Å². The van der Waals surface area contributed by atoms with Gasteiger partial charge < -0.3 is 13.9 Å². The minimum atomic E-state index is -0.482. The van der Waals surface area contributed by atoms with Crippen molar-refractivity contribution in [1.82, 2.24) is 0 Å². The highest BCUT2D eigenvalue weighted by Crippen LogP contribution is 2.43. The minimum Gasteiger partial charge on any atom is -0.495 e. The zero-order valence-corrected chi connectivity index (χ0v) is 13.0. The molecule has 0 amide bonds. The Morgan fingerprint density at radius 1 is 1.20 bits per heavy atom. The topological polar surface area (TPSA) is 91.8 Å². The van der Waals surface area contributed by atoms with Crippen LogP contribution in [0.2, 0.25) is 0 Å². The van der Waals surface area contributed by atoms with Gasteiger partial charge in [-0.25, -0.2) is 0 Å². The van der Waals surface area contributed by atoms with E-state index in [1.807, 2.05) is 0 Å². The summed E-state index contributed by atoms with van der Waals surface area (Å²) < 4.78 is 16.4. The van der Waals surface area contributed by atoms with Gasteiger partial charge in [-0.05, 0) is 29.8 Å². The van der Waals surface area contributed by atoms with Crippen molar-refractivity contribution in [2.45, 2.75) is 0 Å². The third-order valence-electron chi connectivity index (χ3n) is 3.95. The van der Waals surface area contributed by atoms with E-state index in [2.05, 4.69) is 0 Å². The van der Waals surface area contributed by atoms with E-state index in [0.29, 0.717) is 33.6 Å². The summed E-state index contributed by atoms with van der Waals surface area (Å²) in [4.78, 5) is 22.9. The third kappa shape index (κ3) is 2.33. The van der Waals surface area contributed by atoms with Crippen molar-refractivity contribution in [3.05, 3.63) is 69.7 Å². The second-order valence-electron chi connectivity index (χ2n) is 5.40. The van der Waals surface area contributed by atoms with E-state index in [1.165, 1.54) is 31.6 Å². The fraction of sp³-hybridized carbons (Fsp3) is 0.0556. The molecule has 1 aliphatic heterocycles. The van der Waals surface area contributed by atoms with Crippen LogP contribution in [-0.2, 0) is 0 Å². The Labute approximate surface area is 141 Å². The van der Waals surface area contributed by atoms with Crippen molar-refractivity contribution in [2.24, 2.45) is 0 Å². The van der Waals surface area contributed by atoms with Crippen LogP contribution in [0.25, 0.3) is 17.0 Å². The molecule has 3 aromatic rings. The Morgan fingerprint density at radius 3 is 2.64 bits per heavy atom. The van der Waals surface area contributed by atoms with Gasteiger partial charge in [-0.2, -0.15) is 0 Å². The van der Waals surface area contributed by atoms with E-state index in [-0.39, 0.29) is 17.2 Å². The maximum atomic E-state index is 12.7. The van der Waals surface area contributed by atoms with Gasteiger partial charge in [-0.15, -0.1) is 0 Å². The number of hydrogen-bond acceptors (Lipinski definition) is 6. The Bertz CT molecular complexity index is 1050. The molecule has 0 saturated heterocycles. The number of benzene rings is 2. The summed E-state index contributed by atoms with van der Waals surface area (Å²) in [5, 5.41) is 11.4. The highest BCUT2D eigenvalue weighted by molar-refractivity contribution is 6.18. The van der Waals surface area contributed by atoms with Gasteiger partial charge in [0.2, 0.25) is 5.78 Å². The Balaban J connectivity index is 1.76. The standard InChI is InChI=1S/C18H11NO6/c1-23-18-12-6-7-24-13(12)9-14-16(18)17(20)15(25-14)8-10-2-4-11(5-3-10)19(21)22/h2-9H,1H3/b15-8-. The number of ketones is 1. The van der Waals surface area contributed by atoms with Gasteiger partial charge in [0.25, 0.3) is 5.69 Å². The van der Waals surface area contributed by atoms with Crippen LogP contribution in [0, 0.1) is 10.1 Å². The molecular weight excluding hydrogens is 326 g/mol. The summed E-state index contributed by atoms with van der Waals surface area (Å²) in [5.74, 6) is 0.568. The minimum absolute atomic E-state index is 0.0221. The van der Waals surface area contributed by atoms with Gasteiger partial charge in [-0.1, -0.05) is 0 Å². The summed E-state index contributed by atoms with van der Waals surface area (Å²) in [6.07, 6.45) is 3.05. The molecule has 0 bridgehead atoms. The predicted molar refractivity (Wildman–Crippen MR) is 88.8 cm³/mol. The summed E-state index contributed by atoms with van der Waals surface area (Å²) in [7, 11) is 1.48. The zero-order valence-electron chi connectivity index (χ0n) is 13.0. The van der Waals surface area contributed by atoms with Crippen molar-refractivity contribution in [3.8, 4) is 11.5 Å². The number of rotatable bonds is 3. The average Bonchev–Trinajstić information content (AvgIpc) is 3.18. The molecule has 0 atom stereocenters. The number of non-ortho nitro benzene ring substituents is 1. The molecule has 25 heavy (non-hydrogen) atoms. The molecule has 7 nitrogen and oxygen atoms in total. The number of carbonyl (C=O) groups is 1. The summed E-state index contributed by atoms with van der Waals surface area (Å²) in [5.41, 5.74) is 1.49. The number of nitro benzene ring substituents is 1. The lowest BCUT2D eigenvalue weighted by Gasteiger charge is -2.04. The average molecular weight is 337 g/mol. The summed E-state index contributed by atoms with van der Waals surface area (Å²) in [6, 6.07) is 9.20. The number of nitrogens with zero attached hydrogens (tertiary/aromatic N) is 1. The van der Waals surface area contributed by atoms with Crippen LogP contribution in [0.1, 0.15) is 15.9 Å². The lowest BCUT2D eigenvalue weighted by atomic mass is 10.1. The van der Waals surface area contributed by atoms with Gasteiger partial charge in [0.1, 0.15) is 22.6 Å². The Morgan fingerprint density at radius 2 is 1.96 bits per heavy atom. The van der Waals surface area contributed by atoms with E-state index in [9.17, 15) is 14.9 Å². The van der Waals surface area contributed by atoms with Crippen molar-refractivity contribution >= 4 is 28.5 Å². The SMILES string of the molecule is COc1c2c(cc3occc13)O/C(=C\c1ccc([N+](=O)[O-])cc1)C2=O. The van der Waals surface area contributed by atoms with Gasteiger partial charge in [0.05, 0.1) is 23.7 Å². The Kier molecular flexibility index (Phi) is 3.28. The number of carbonyl (C=O) groups excluding carboxylic acids is 1. The molecule has 124 valence electrons. The van der Waals surface area contributed by atoms with E-state index < -0.39 is 4.92 Å². The molecule has 7 heteroatoms. The quantitative estimate of drug-likeness (QED) is 0.408. The van der Waals surface area contributed by atoms with Crippen molar-refractivity contribution in [1.29, 1.82) is 0 Å². The zero-order chi connectivity index (χ0) is 17.6. The second kappa shape index (κ2) is 5.48. The molecule has 4 rings (SSSR count). The lowest BCUT2D eigenvalue weighted by molar-refractivity contribution is -0.384. The molecule has 2 heterocycles. The summed E-state index contributed by atoms with van der Waals surface area (Å²) in [6.45, 7) is 0. The molecular formula is C18H11NO6. The first-order chi connectivity index (χ1) is 12.1. The molecule has 2 aromatic carbocycles. The largest absolute Gasteiger partial charge is 0.495 e. The van der Waals surface area contributed by atoms with E-state index in [0.717, 1.165) is 0 Å². The number of Topliss-reactive ketones (excluding diaryl/α,β-unsaturated/α-hetero) is 1. The van der Waals surface area contributed by atoms with Crippen LogP contribution in [0.15, 0.2) is 52.8 Å². The first kappa shape index (κ1) is 14.9. The van der Waals surface area contributed by atoms with Crippen LogP contribution in [0.3, 0.4) is 0 Å². The predicted octanol–water partition coefficient (Wildman–Crippen LogP) is 3.97. The highest BCUT2D eigenvalue weighted by atomic mass is 16.6. The van der Waals surface area contributed by atoms with Crippen LogP contribution in [-0.4, -0.2) is 17.8 Å². The molecule has 0 aliphatic carbocycles. The van der Waals surface area contributed by atoms with Crippen molar-refractivity contribution < 1.29 is 23.6 Å². The molecule has 0 radical (unpaired) electrons. The van der Waals surface area contributed by atoms with Crippen LogP contribution in [0.4, 0.5) is 5.69 Å². The smallest absolute Gasteiger partial charge is 0.269 e. The number of nitro groups is 1. The first-order valence-electron chi connectivity index (χ1n) is 7.35. The maximum Gasteiger partial charge on any atom is 0.269 e. The number of methoxy groups -OCH3 is 1. The van der Waals surface area contributed by atoms with E-state index in [4.69, 9.17) is 13.9 Å². The monoisotopic (exact) mass is 337 g/mol. The molecule has 0 N–H and O–H groups in total. The molecule has 1 aromatic heterocycles.